The lowest BCUT2D eigenvalue weighted by Gasteiger charge is -2.32. The number of sulfonamides is 1. The minimum absolute atomic E-state index is 0.0978. The predicted molar refractivity (Wildman–Crippen MR) is 156 cm³/mol. The predicted octanol–water partition coefficient (Wildman–Crippen LogP) is 5.06. The molecular weight excluding hydrogens is 510 g/mol. The number of nitrogens with one attached hydrogen (secondary N) is 1. The second-order valence-electron chi connectivity index (χ2n) is 10.1. The van der Waals surface area contributed by atoms with Gasteiger partial charge in [0, 0.05) is 13.1 Å². The van der Waals surface area contributed by atoms with E-state index in [1.54, 1.807) is 37.3 Å². The maximum Gasteiger partial charge on any atom is 0.264 e. The number of hydrogen-bond donors (Lipinski definition) is 1. The van der Waals surface area contributed by atoms with Crippen molar-refractivity contribution in [2.24, 2.45) is 0 Å². The monoisotopic (exact) mass is 549 g/mol. The van der Waals surface area contributed by atoms with Crippen molar-refractivity contribution in [1.29, 1.82) is 0 Å². The number of carbonyl (C=O) groups is 2. The molecule has 0 aliphatic rings. The van der Waals surface area contributed by atoms with E-state index < -0.39 is 28.5 Å². The number of nitrogens with zero attached hydrogens (tertiary/aromatic N) is 2. The fraction of sp³-hybridized carbons (Fsp3) is 0.355. The first-order chi connectivity index (χ1) is 18.4. The Balaban J connectivity index is 2.05. The van der Waals surface area contributed by atoms with Crippen molar-refractivity contribution in [1.82, 2.24) is 10.2 Å². The molecule has 0 heterocycles. The summed E-state index contributed by atoms with van der Waals surface area (Å²) in [7, 11) is -4.09. The lowest BCUT2D eigenvalue weighted by Crippen LogP contribution is -2.51. The molecule has 3 aromatic carbocycles. The fourth-order valence-electron chi connectivity index (χ4n) is 4.21. The van der Waals surface area contributed by atoms with E-state index in [0.717, 1.165) is 34.2 Å². The van der Waals surface area contributed by atoms with E-state index in [9.17, 15) is 18.0 Å². The van der Waals surface area contributed by atoms with Gasteiger partial charge < -0.3 is 10.2 Å². The molecule has 0 aliphatic heterocycles. The lowest BCUT2D eigenvalue weighted by atomic mass is 10.1. The molecule has 2 amide bonds. The van der Waals surface area contributed by atoms with E-state index in [4.69, 9.17) is 0 Å². The highest BCUT2D eigenvalue weighted by Gasteiger charge is 2.33. The lowest BCUT2D eigenvalue weighted by molar-refractivity contribution is -0.139. The molecule has 0 saturated carbocycles. The summed E-state index contributed by atoms with van der Waals surface area (Å²) in [6.45, 7) is 11.4. The molecule has 1 N–H and O–H groups in total. The maximum atomic E-state index is 14.0. The number of aryl methyl sites for hydroxylation is 4. The van der Waals surface area contributed by atoms with Crippen LogP contribution in [0.5, 0.6) is 0 Å². The van der Waals surface area contributed by atoms with Crippen LogP contribution in [-0.2, 0) is 26.2 Å². The van der Waals surface area contributed by atoms with Crippen molar-refractivity contribution in [3.8, 4) is 0 Å². The van der Waals surface area contributed by atoms with Crippen molar-refractivity contribution in [3.63, 3.8) is 0 Å². The van der Waals surface area contributed by atoms with Crippen molar-refractivity contribution in [2.45, 2.75) is 65.4 Å². The topological polar surface area (TPSA) is 86.8 Å². The molecule has 0 radical (unpaired) electrons. The Morgan fingerprint density at radius 3 is 2.00 bits per heavy atom. The SMILES string of the molecule is CCCNC(=O)[C@@H](C)N(Cc1ccc(C)cc1)C(=O)CN(c1cc(C)ccc1C)S(=O)(=O)c1ccc(C)cc1. The zero-order valence-corrected chi connectivity index (χ0v) is 24.5. The molecule has 3 rings (SSSR count). The molecule has 7 nitrogen and oxygen atoms in total. The van der Waals surface area contributed by atoms with Gasteiger partial charge in [0.2, 0.25) is 11.8 Å². The molecule has 0 fully saturated rings. The van der Waals surface area contributed by atoms with Crippen LogP contribution in [0.4, 0.5) is 5.69 Å². The third-order valence-corrected chi connectivity index (χ3v) is 8.49. The van der Waals surface area contributed by atoms with Gasteiger partial charge in [0.15, 0.2) is 0 Å². The van der Waals surface area contributed by atoms with Gasteiger partial charge in [0.05, 0.1) is 10.6 Å². The molecule has 0 spiro atoms. The van der Waals surface area contributed by atoms with Crippen molar-refractivity contribution < 1.29 is 18.0 Å². The van der Waals surface area contributed by atoms with Gasteiger partial charge in [0.25, 0.3) is 10.0 Å². The van der Waals surface area contributed by atoms with Crippen molar-refractivity contribution >= 4 is 27.5 Å². The normalized spacial score (nSPS) is 12.1. The van der Waals surface area contributed by atoms with E-state index in [2.05, 4.69) is 5.32 Å². The zero-order valence-electron chi connectivity index (χ0n) is 23.7. The molecule has 39 heavy (non-hydrogen) atoms. The number of benzene rings is 3. The van der Waals surface area contributed by atoms with Crippen LogP contribution in [0.1, 0.15) is 48.1 Å². The highest BCUT2D eigenvalue weighted by atomic mass is 32.2. The van der Waals surface area contributed by atoms with Gasteiger partial charge in [-0.2, -0.15) is 0 Å². The smallest absolute Gasteiger partial charge is 0.264 e. The second kappa shape index (κ2) is 12.9. The Morgan fingerprint density at radius 2 is 1.41 bits per heavy atom. The molecule has 0 aliphatic carbocycles. The largest absolute Gasteiger partial charge is 0.354 e. The van der Waals surface area contributed by atoms with Crippen LogP contribution in [-0.4, -0.2) is 44.3 Å². The molecule has 208 valence electrons. The molecule has 8 heteroatoms. The first kappa shape index (κ1) is 29.9. The van der Waals surface area contributed by atoms with Gasteiger partial charge >= 0.3 is 0 Å². The summed E-state index contributed by atoms with van der Waals surface area (Å²) in [5.74, 6) is -0.747. The highest BCUT2D eigenvalue weighted by molar-refractivity contribution is 7.92. The molecule has 0 aromatic heterocycles. The number of amides is 2. The summed E-state index contributed by atoms with van der Waals surface area (Å²) in [4.78, 5) is 28.5. The molecule has 3 aromatic rings. The Labute approximate surface area is 232 Å². The third-order valence-electron chi connectivity index (χ3n) is 6.71. The van der Waals surface area contributed by atoms with Gasteiger partial charge in [-0.1, -0.05) is 66.6 Å². The van der Waals surface area contributed by atoms with Crippen LogP contribution in [0.3, 0.4) is 0 Å². The van der Waals surface area contributed by atoms with Crippen LogP contribution in [0.15, 0.2) is 71.6 Å². The van der Waals surface area contributed by atoms with Gasteiger partial charge in [0.1, 0.15) is 12.6 Å². The number of anilines is 1. The first-order valence-corrected chi connectivity index (χ1v) is 14.7. The summed E-state index contributed by atoms with van der Waals surface area (Å²) in [5.41, 5.74) is 4.89. The van der Waals surface area contributed by atoms with Crippen LogP contribution in [0.2, 0.25) is 0 Å². The van der Waals surface area contributed by atoms with E-state index in [0.29, 0.717) is 12.2 Å². The van der Waals surface area contributed by atoms with E-state index in [-0.39, 0.29) is 17.3 Å². The zero-order chi connectivity index (χ0) is 28.7. The van der Waals surface area contributed by atoms with Crippen molar-refractivity contribution in [2.75, 3.05) is 17.4 Å². The number of hydrogen-bond acceptors (Lipinski definition) is 4. The van der Waals surface area contributed by atoms with Gasteiger partial charge in [-0.05, 0) is 75.9 Å². The molecule has 1 atom stereocenters. The van der Waals surface area contributed by atoms with Gasteiger partial charge in [-0.25, -0.2) is 8.42 Å². The van der Waals surface area contributed by atoms with Crippen LogP contribution in [0.25, 0.3) is 0 Å². The highest BCUT2D eigenvalue weighted by Crippen LogP contribution is 2.28. The van der Waals surface area contributed by atoms with E-state index in [1.165, 1.54) is 9.21 Å². The summed E-state index contributed by atoms with van der Waals surface area (Å²) in [6, 6.07) is 19.0. The fourth-order valence-corrected chi connectivity index (χ4v) is 5.68. The quantitative estimate of drug-likeness (QED) is 0.362. The average Bonchev–Trinajstić information content (AvgIpc) is 2.91. The summed E-state index contributed by atoms with van der Waals surface area (Å²) >= 11 is 0. The van der Waals surface area contributed by atoms with Gasteiger partial charge in [-0.15, -0.1) is 0 Å². The summed E-state index contributed by atoms with van der Waals surface area (Å²) in [6.07, 6.45) is 0.763. The third kappa shape index (κ3) is 7.47. The Bertz CT molecular complexity index is 1400. The Hall–Kier alpha value is -3.65. The van der Waals surface area contributed by atoms with Crippen LogP contribution in [0, 0.1) is 27.7 Å². The van der Waals surface area contributed by atoms with Crippen LogP contribution < -0.4 is 9.62 Å². The number of carbonyl (C=O) groups excluding carboxylic acids is 2. The Kier molecular flexibility index (Phi) is 9.92. The number of rotatable bonds is 11. The van der Waals surface area contributed by atoms with E-state index >= 15 is 0 Å². The average molecular weight is 550 g/mol. The first-order valence-electron chi connectivity index (χ1n) is 13.2. The summed E-state index contributed by atoms with van der Waals surface area (Å²) < 4.78 is 29.1. The maximum absolute atomic E-state index is 14.0. The Morgan fingerprint density at radius 1 is 0.846 bits per heavy atom. The van der Waals surface area contributed by atoms with Crippen molar-refractivity contribution in [3.05, 3.63) is 94.5 Å². The molecule has 0 saturated heterocycles. The molecular formula is C31H39N3O4S. The van der Waals surface area contributed by atoms with Crippen LogP contribution >= 0.6 is 0 Å². The molecule has 0 bridgehead atoms. The van der Waals surface area contributed by atoms with Gasteiger partial charge in [-0.3, -0.25) is 13.9 Å². The standard InChI is InChI=1S/C31H39N3O4S/c1-7-18-32-31(36)26(6)33(20-27-14-9-22(2)10-15-27)30(35)21-34(29-19-24(4)8-13-25(29)5)39(37,38)28-16-11-23(3)12-17-28/h8-17,19,26H,7,18,20-21H2,1-6H3,(H,32,36)/t26-/m1/s1. The minimum Gasteiger partial charge on any atom is -0.354 e. The second-order valence-corrected chi connectivity index (χ2v) is 12.0. The molecule has 0 unspecified atom stereocenters. The summed E-state index contributed by atoms with van der Waals surface area (Å²) in [5, 5.41) is 2.86. The van der Waals surface area contributed by atoms with E-state index in [1.807, 2.05) is 71.0 Å². The minimum atomic E-state index is -4.09.